The molecule has 0 radical (unpaired) electrons. The minimum Gasteiger partial charge on any atom is -0.462 e. The Morgan fingerprint density at radius 1 is 0.470 bits per heavy atom. The summed E-state index contributed by atoms with van der Waals surface area (Å²) < 4.78 is 33.5. The number of esters is 2. The zero-order valence-electron chi connectivity index (χ0n) is 40.7. The smallest absolute Gasteiger partial charge is 0.306 e. The number of carbonyl (C=O) groups excluding carboxylic acids is 2. The lowest BCUT2D eigenvalue weighted by molar-refractivity contribution is -0.332. The zero-order valence-corrected chi connectivity index (χ0v) is 40.7. The van der Waals surface area contributed by atoms with Crippen LogP contribution in [-0.4, -0.2) is 142 Å². The molecule has 0 spiro atoms. The number of hydrogen-bond acceptors (Lipinski definition) is 15. The fraction of sp³-hybridized carbons (Fsp3) is 0.882. The largest absolute Gasteiger partial charge is 0.462 e. The van der Waals surface area contributed by atoms with Gasteiger partial charge in [-0.05, 0) is 64.2 Å². The first-order chi connectivity index (χ1) is 32.0. The summed E-state index contributed by atoms with van der Waals surface area (Å²) >= 11 is 0. The van der Waals surface area contributed by atoms with Crippen LogP contribution in [0.2, 0.25) is 0 Å². The lowest BCUT2D eigenvalue weighted by atomic mass is 9.98. The minimum absolute atomic E-state index is 0.136. The van der Waals surface area contributed by atoms with Crippen LogP contribution in [0.4, 0.5) is 0 Å². The molecule has 2 heterocycles. The van der Waals surface area contributed by atoms with Crippen LogP contribution in [0.1, 0.15) is 194 Å². The summed E-state index contributed by atoms with van der Waals surface area (Å²) in [5.41, 5.74) is 0. The van der Waals surface area contributed by atoms with E-state index >= 15 is 0 Å². The van der Waals surface area contributed by atoms with Crippen molar-refractivity contribution in [3.05, 3.63) is 24.3 Å². The van der Waals surface area contributed by atoms with Crippen molar-refractivity contribution in [3.63, 3.8) is 0 Å². The number of hydrogen-bond donors (Lipinski definition) is 7. The van der Waals surface area contributed by atoms with E-state index in [1.54, 1.807) is 0 Å². The van der Waals surface area contributed by atoms with Gasteiger partial charge < -0.3 is 64.2 Å². The van der Waals surface area contributed by atoms with Gasteiger partial charge in [0, 0.05) is 12.8 Å². The first kappa shape index (κ1) is 60.1. The second-order valence-corrected chi connectivity index (χ2v) is 18.3. The topological polar surface area (TPSA) is 231 Å². The van der Waals surface area contributed by atoms with Crippen LogP contribution < -0.4 is 0 Å². The van der Waals surface area contributed by atoms with E-state index in [0.29, 0.717) is 12.8 Å². The fourth-order valence-corrected chi connectivity index (χ4v) is 8.09. The molecule has 7 N–H and O–H groups in total. The Kier molecular flexibility index (Phi) is 35.3. The Morgan fingerprint density at radius 2 is 0.864 bits per heavy atom. The van der Waals surface area contributed by atoms with Gasteiger partial charge in [0.25, 0.3) is 0 Å². The Labute approximate surface area is 396 Å². The third kappa shape index (κ3) is 26.7. The molecular formula is C51H92O15. The molecule has 11 atom stereocenters. The quantitative estimate of drug-likeness (QED) is 0.0184. The zero-order chi connectivity index (χ0) is 48.2. The van der Waals surface area contributed by atoms with Crippen molar-refractivity contribution in [2.45, 2.75) is 261 Å². The number of allylic oxidation sites excluding steroid dienone is 4. The van der Waals surface area contributed by atoms with Crippen LogP contribution in [0, 0.1) is 0 Å². The molecule has 0 aromatic heterocycles. The summed E-state index contributed by atoms with van der Waals surface area (Å²) in [5, 5.41) is 72.0. The van der Waals surface area contributed by atoms with Crippen LogP contribution >= 0.6 is 0 Å². The summed E-state index contributed by atoms with van der Waals surface area (Å²) in [6.45, 7) is 2.56. The van der Waals surface area contributed by atoms with Crippen LogP contribution in [0.5, 0.6) is 0 Å². The average Bonchev–Trinajstić information content (AvgIpc) is 3.31. The molecule has 0 aromatic carbocycles. The SMILES string of the molecule is CCCCCC/C=C/CCCCCCCCCC(=O)OC[C@H](CO[C@@H]1O[C@H](CO[C@@H]2O[C@H](CO)[C@H](O)C(O)C2O)[C@H](O)C(O)C1O)OC(=O)CCCC/C=C/CCCCCCCCCCC. The second-order valence-electron chi connectivity index (χ2n) is 18.3. The lowest BCUT2D eigenvalue weighted by Gasteiger charge is -2.42. The first-order valence-electron chi connectivity index (χ1n) is 25.9. The third-order valence-electron chi connectivity index (χ3n) is 12.4. The molecule has 386 valence electrons. The van der Waals surface area contributed by atoms with Gasteiger partial charge in [-0.25, -0.2) is 0 Å². The molecule has 2 saturated heterocycles. The average molecular weight is 945 g/mol. The molecule has 66 heavy (non-hydrogen) atoms. The van der Waals surface area contributed by atoms with Gasteiger partial charge in [0.05, 0.1) is 19.8 Å². The van der Waals surface area contributed by atoms with Crippen molar-refractivity contribution in [2.24, 2.45) is 0 Å². The molecular weight excluding hydrogens is 853 g/mol. The van der Waals surface area contributed by atoms with E-state index in [1.807, 2.05) is 0 Å². The highest BCUT2D eigenvalue weighted by atomic mass is 16.7. The molecule has 0 aliphatic carbocycles. The van der Waals surface area contributed by atoms with E-state index in [-0.39, 0.29) is 26.1 Å². The minimum atomic E-state index is -1.77. The van der Waals surface area contributed by atoms with E-state index in [1.165, 1.54) is 109 Å². The Balaban J connectivity index is 1.82. The summed E-state index contributed by atoms with van der Waals surface area (Å²) in [5.74, 6) is -0.951. The lowest BCUT2D eigenvalue weighted by Crippen LogP contribution is -2.61. The van der Waals surface area contributed by atoms with E-state index < -0.39 is 92.7 Å². The van der Waals surface area contributed by atoms with Gasteiger partial charge in [0.1, 0.15) is 55.4 Å². The highest BCUT2D eigenvalue weighted by Gasteiger charge is 2.47. The van der Waals surface area contributed by atoms with E-state index in [4.69, 9.17) is 28.4 Å². The summed E-state index contributed by atoms with van der Waals surface area (Å²) in [7, 11) is 0. The predicted molar refractivity (Wildman–Crippen MR) is 252 cm³/mol. The number of aliphatic hydroxyl groups is 7. The van der Waals surface area contributed by atoms with Crippen molar-refractivity contribution in [1.82, 2.24) is 0 Å². The summed E-state index contributed by atoms with van der Waals surface area (Å²) in [6.07, 6.45) is 22.1. The van der Waals surface area contributed by atoms with E-state index in [0.717, 1.165) is 44.9 Å². The number of carbonyl (C=O) groups is 2. The molecule has 2 aliphatic heterocycles. The van der Waals surface area contributed by atoms with Gasteiger partial charge in [-0.15, -0.1) is 0 Å². The van der Waals surface area contributed by atoms with Crippen LogP contribution in [0.3, 0.4) is 0 Å². The van der Waals surface area contributed by atoms with E-state index in [2.05, 4.69) is 38.2 Å². The molecule has 4 unspecified atom stereocenters. The number of ether oxygens (including phenoxy) is 6. The molecule has 0 aromatic rings. The normalized spacial score (nSPS) is 26.3. The maximum atomic E-state index is 13.0. The van der Waals surface area contributed by atoms with Crippen molar-refractivity contribution >= 4 is 11.9 Å². The third-order valence-corrected chi connectivity index (χ3v) is 12.4. The summed E-state index contributed by atoms with van der Waals surface area (Å²) in [6, 6.07) is 0. The van der Waals surface area contributed by atoms with Crippen molar-refractivity contribution in [2.75, 3.05) is 26.4 Å². The van der Waals surface area contributed by atoms with Gasteiger partial charge in [0.2, 0.25) is 0 Å². The molecule has 0 bridgehead atoms. The fourth-order valence-electron chi connectivity index (χ4n) is 8.09. The Bertz CT molecular complexity index is 1250. The number of unbranched alkanes of at least 4 members (excludes halogenated alkanes) is 22. The molecule has 0 saturated carbocycles. The molecule has 2 fully saturated rings. The Hall–Kier alpha value is -2.02. The van der Waals surface area contributed by atoms with Crippen LogP contribution in [-0.2, 0) is 38.0 Å². The molecule has 15 heteroatoms. The molecule has 0 amide bonds. The first-order valence-corrected chi connectivity index (χ1v) is 25.9. The molecule has 2 rings (SSSR count). The van der Waals surface area contributed by atoms with Gasteiger partial charge in [-0.1, -0.05) is 141 Å². The maximum Gasteiger partial charge on any atom is 0.306 e. The number of rotatable bonds is 40. The van der Waals surface area contributed by atoms with Crippen LogP contribution in [0.25, 0.3) is 0 Å². The standard InChI is InChI=1S/C51H92O15/c1-3-5-7-9-11-13-15-17-19-21-23-25-27-29-31-33-42(53)61-36-39(64-43(54)34-32-30-28-26-24-22-20-18-16-14-12-10-8-6-4-2)37-62-50-49(60)47(58)45(56)41(66-50)38-63-51-48(59)46(57)44(55)40(35-52)65-51/h13,15,24,26,39-41,44-52,55-60H,3-12,14,16-23,25,27-38H2,1-2H3/b15-13+,26-24+/t39-,40-,41-,44+,45+,46?,47?,48?,49?,50-,51-/m1/s1. The maximum absolute atomic E-state index is 13.0. The van der Waals surface area contributed by atoms with E-state index in [9.17, 15) is 45.3 Å². The van der Waals surface area contributed by atoms with Gasteiger partial charge in [-0.3, -0.25) is 9.59 Å². The Morgan fingerprint density at radius 3 is 1.38 bits per heavy atom. The summed E-state index contributed by atoms with van der Waals surface area (Å²) in [4.78, 5) is 25.7. The van der Waals surface area contributed by atoms with Crippen LogP contribution in [0.15, 0.2) is 24.3 Å². The van der Waals surface area contributed by atoms with Gasteiger partial charge >= 0.3 is 11.9 Å². The monoisotopic (exact) mass is 945 g/mol. The second kappa shape index (κ2) is 38.8. The van der Waals surface area contributed by atoms with Gasteiger partial charge in [-0.2, -0.15) is 0 Å². The number of aliphatic hydroxyl groups excluding tert-OH is 7. The molecule has 15 nitrogen and oxygen atoms in total. The highest BCUT2D eigenvalue weighted by molar-refractivity contribution is 5.70. The molecule has 2 aliphatic rings. The van der Waals surface area contributed by atoms with Gasteiger partial charge in [0.15, 0.2) is 18.7 Å². The van der Waals surface area contributed by atoms with Crippen molar-refractivity contribution in [1.29, 1.82) is 0 Å². The van der Waals surface area contributed by atoms with Crippen molar-refractivity contribution < 1.29 is 73.8 Å². The predicted octanol–water partition coefficient (Wildman–Crippen LogP) is 7.16. The highest BCUT2D eigenvalue weighted by Crippen LogP contribution is 2.26. The van der Waals surface area contributed by atoms with Crippen molar-refractivity contribution in [3.8, 4) is 0 Å².